The van der Waals surface area contributed by atoms with Gasteiger partial charge in [0.1, 0.15) is 5.02 Å². The Balaban J connectivity index is 1.75. The largest absolute Gasteiger partial charge is 0.467 e. The first-order valence-corrected chi connectivity index (χ1v) is 10.5. The number of likely N-dealkylation sites (tertiary alicyclic amines) is 1. The van der Waals surface area contributed by atoms with Gasteiger partial charge in [0.05, 0.1) is 16.8 Å². The van der Waals surface area contributed by atoms with E-state index >= 15 is 0 Å². The summed E-state index contributed by atoms with van der Waals surface area (Å²) < 4.78 is 41.5. The van der Waals surface area contributed by atoms with Crippen LogP contribution in [-0.2, 0) is 0 Å². The summed E-state index contributed by atoms with van der Waals surface area (Å²) in [6.45, 7) is 3.94. The van der Waals surface area contributed by atoms with Gasteiger partial charge in [-0.1, -0.05) is 37.6 Å². The number of halogens is 4. The lowest BCUT2D eigenvalue weighted by molar-refractivity contribution is -0.154. The number of para-hydroxylation sites is 1. The second-order valence-electron chi connectivity index (χ2n) is 8.07. The normalized spacial score (nSPS) is 18.9. The predicted octanol–water partition coefficient (Wildman–Crippen LogP) is 5.05. The number of hydrogen-bond acceptors (Lipinski definition) is 4. The fraction of sp³-hybridized carbons (Fsp3) is 0.409. The van der Waals surface area contributed by atoms with Crippen LogP contribution in [-0.4, -0.2) is 47.6 Å². The average Bonchev–Trinajstić information content (AvgIpc) is 2.71. The van der Waals surface area contributed by atoms with E-state index in [1.165, 1.54) is 0 Å². The lowest BCUT2D eigenvalue weighted by Gasteiger charge is -2.35. The van der Waals surface area contributed by atoms with Crippen LogP contribution in [0.4, 0.5) is 18.9 Å². The van der Waals surface area contributed by atoms with Crippen LogP contribution in [0.15, 0.2) is 36.5 Å². The molecule has 10 heteroatoms. The van der Waals surface area contributed by atoms with Gasteiger partial charge in [0.15, 0.2) is 6.61 Å². The van der Waals surface area contributed by atoms with Crippen LogP contribution in [0.3, 0.4) is 0 Å². The van der Waals surface area contributed by atoms with Crippen LogP contribution >= 0.6 is 11.6 Å². The Kier molecular flexibility index (Phi) is 7.28. The molecular formula is C22H23ClF3N3O3. The van der Waals surface area contributed by atoms with Crippen molar-refractivity contribution in [3.8, 4) is 5.88 Å². The maximum atomic E-state index is 13.1. The first-order chi connectivity index (χ1) is 15.0. The fourth-order valence-electron chi connectivity index (χ4n) is 3.78. The van der Waals surface area contributed by atoms with Crippen molar-refractivity contribution in [3.05, 3.63) is 52.7 Å². The van der Waals surface area contributed by atoms with Gasteiger partial charge in [0.2, 0.25) is 5.88 Å². The number of hydrogen-bond donors (Lipinski definition) is 1. The van der Waals surface area contributed by atoms with Crippen molar-refractivity contribution in [2.75, 3.05) is 25.0 Å². The van der Waals surface area contributed by atoms with E-state index in [2.05, 4.69) is 28.9 Å². The summed E-state index contributed by atoms with van der Waals surface area (Å²) in [5.41, 5.74) is 0.685. The summed E-state index contributed by atoms with van der Waals surface area (Å²) in [5.74, 6) is -0.440. The maximum Gasteiger partial charge on any atom is 0.422 e. The molecule has 1 N–H and O–H groups in total. The molecule has 6 nitrogen and oxygen atoms in total. The van der Waals surface area contributed by atoms with Crippen molar-refractivity contribution in [1.82, 2.24) is 9.88 Å². The van der Waals surface area contributed by atoms with Gasteiger partial charge in [-0.3, -0.25) is 9.59 Å². The van der Waals surface area contributed by atoms with Crippen molar-refractivity contribution in [3.63, 3.8) is 0 Å². The van der Waals surface area contributed by atoms with Gasteiger partial charge in [-0.05, 0) is 36.5 Å². The highest BCUT2D eigenvalue weighted by molar-refractivity contribution is 6.32. The number of ether oxygens (including phenoxy) is 1. The van der Waals surface area contributed by atoms with E-state index < -0.39 is 24.6 Å². The molecule has 2 atom stereocenters. The topological polar surface area (TPSA) is 71.5 Å². The molecule has 32 heavy (non-hydrogen) atoms. The minimum atomic E-state index is -4.54. The van der Waals surface area contributed by atoms with Crippen LogP contribution < -0.4 is 10.1 Å². The number of alkyl halides is 3. The molecule has 2 heterocycles. The zero-order valence-corrected chi connectivity index (χ0v) is 18.3. The van der Waals surface area contributed by atoms with Gasteiger partial charge in [-0.15, -0.1) is 0 Å². The summed E-state index contributed by atoms with van der Waals surface area (Å²) in [6, 6.07) is 7.81. The minimum absolute atomic E-state index is 0.0110. The third-order valence-electron chi connectivity index (χ3n) is 5.00. The molecule has 0 saturated carbocycles. The molecule has 172 valence electrons. The number of nitrogens with zero attached hydrogens (tertiary/aromatic N) is 2. The maximum absolute atomic E-state index is 13.1. The number of benzene rings is 1. The number of aromatic nitrogens is 1. The third kappa shape index (κ3) is 6.12. The third-order valence-corrected chi connectivity index (χ3v) is 5.27. The van der Waals surface area contributed by atoms with E-state index in [-0.39, 0.29) is 16.5 Å². The predicted molar refractivity (Wildman–Crippen MR) is 114 cm³/mol. The van der Waals surface area contributed by atoms with E-state index in [1.807, 2.05) is 0 Å². The van der Waals surface area contributed by atoms with Crippen LogP contribution in [0, 0.1) is 11.8 Å². The lowest BCUT2D eigenvalue weighted by atomic mass is 9.91. The quantitative estimate of drug-likeness (QED) is 0.665. The Bertz CT molecular complexity index is 990. The zero-order valence-electron chi connectivity index (χ0n) is 17.6. The monoisotopic (exact) mass is 469 g/mol. The van der Waals surface area contributed by atoms with Crippen molar-refractivity contribution in [1.29, 1.82) is 0 Å². The first-order valence-electron chi connectivity index (χ1n) is 10.1. The smallest absolute Gasteiger partial charge is 0.422 e. The van der Waals surface area contributed by atoms with Gasteiger partial charge in [-0.25, -0.2) is 4.98 Å². The molecule has 0 radical (unpaired) electrons. The molecule has 1 aromatic heterocycles. The zero-order chi connectivity index (χ0) is 23.5. The highest BCUT2D eigenvalue weighted by Crippen LogP contribution is 2.27. The van der Waals surface area contributed by atoms with E-state index in [0.29, 0.717) is 36.2 Å². The van der Waals surface area contributed by atoms with Crippen molar-refractivity contribution in [2.45, 2.75) is 26.4 Å². The number of carbonyl (C=O) groups is 2. The van der Waals surface area contributed by atoms with Crippen LogP contribution in [0.25, 0.3) is 0 Å². The Labute approximate surface area is 188 Å². The standard InChI is InChI=1S/C22H23ClF3N3O3/c1-13-7-14(2)11-29(10-13)21(31)16-5-3-4-6-18(16)28-19(30)15-8-17(23)20(27-9-15)32-12-22(24,25)26/h3-6,8-9,13-14H,7,10-12H2,1-2H3,(H,28,30). The van der Waals surface area contributed by atoms with Crippen LogP contribution in [0.5, 0.6) is 5.88 Å². The van der Waals surface area contributed by atoms with Crippen LogP contribution in [0.2, 0.25) is 5.02 Å². The van der Waals surface area contributed by atoms with Gasteiger partial charge in [-0.2, -0.15) is 13.2 Å². The molecule has 2 aromatic rings. The van der Waals surface area contributed by atoms with E-state index in [0.717, 1.165) is 18.7 Å². The number of piperidine rings is 1. The summed E-state index contributed by atoms with van der Waals surface area (Å²) in [7, 11) is 0. The van der Waals surface area contributed by atoms with Crippen molar-refractivity contribution >= 4 is 29.1 Å². The van der Waals surface area contributed by atoms with Crippen molar-refractivity contribution < 1.29 is 27.5 Å². The Morgan fingerprint density at radius 3 is 2.50 bits per heavy atom. The number of nitrogens with one attached hydrogen (secondary N) is 1. The summed E-state index contributed by atoms with van der Waals surface area (Å²) >= 11 is 5.92. The SMILES string of the molecule is CC1CC(C)CN(C(=O)c2ccccc2NC(=O)c2cnc(OCC(F)(F)F)c(Cl)c2)C1. The Morgan fingerprint density at radius 2 is 1.88 bits per heavy atom. The van der Waals surface area contributed by atoms with E-state index in [1.54, 1.807) is 29.2 Å². The molecule has 1 fully saturated rings. The Morgan fingerprint density at radius 1 is 1.22 bits per heavy atom. The molecule has 1 aromatic carbocycles. The molecule has 1 aliphatic rings. The molecule has 0 bridgehead atoms. The molecule has 0 spiro atoms. The van der Waals surface area contributed by atoms with E-state index in [4.69, 9.17) is 11.6 Å². The number of anilines is 1. The summed E-state index contributed by atoms with van der Waals surface area (Å²) in [4.78, 5) is 31.3. The number of rotatable bonds is 5. The number of pyridine rings is 1. The highest BCUT2D eigenvalue weighted by atomic mass is 35.5. The first kappa shape index (κ1) is 23.8. The fourth-order valence-corrected chi connectivity index (χ4v) is 4.00. The van der Waals surface area contributed by atoms with Gasteiger partial charge in [0.25, 0.3) is 11.8 Å². The second-order valence-corrected chi connectivity index (χ2v) is 8.48. The molecule has 2 unspecified atom stereocenters. The van der Waals surface area contributed by atoms with Gasteiger partial charge >= 0.3 is 6.18 Å². The Hall–Kier alpha value is -2.81. The van der Waals surface area contributed by atoms with Gasteiger partial charge < -0.3 is 15.0 Å². The second kappa shape index (κ2) is 9.77. The van der Waals surface area contributed by atoms with E-state index in [9.17, 15) is 22.8 Å². The number of carbonyl (C=O) groups excluding carboxylic acids is 2. The highest BCUT2D eigenvalue weighted by Gasteiger charge is 2.30. The lowest BCUT2D eigenvalue weighted by Crippen LogP contribution is -2.42. The molecule has 1 aliphatic heterocycles. The van der Waals surface area contributed by atoms with Gasteiger partial charge in [0, 0.05) is 19.3 Å². The number of amides is 2. The molecule has 1 saturated heterocycles. The minimum Gasteiger partial charge on any atom is -0.467 e. The summed E-state index contributed by atoms with van der Waals surface area (Å²) in [6.07, 6.45) is -2.43. The van der Waals surface area contributed by atoms with Crippen molar-refractivity contribution in [2.24, 2.45) is 11.8 Å². The molecule has 0 aliphatic carbocycles. The molecule has 2 amide bonds. The average molecular weight is 470 g/mol. The summed E-state index contributed by atoms with van der Waals surface area (Å²) in [5, 5.41) is 2.43. The molecule has 3 rings (SSSR count). The van der Waals surface area contributed by atoms with Crippen LogP contribution in [0.1, 0.15) is 41.0 Å². The molecular weight excluding hydrogens is 447 g/mol.